The second kappa shape index (κ2) is 9.38. The van der Waals surface area contributed by atoms with Crippen molar-refractivity contribution in [1.29, 1.82) is 0 Å². The first kappa shape index (κ1) is 25.1. The molecule has 0 radical (unpaired) electrons. The molecule has 2 fully saturated rings. The van der Waals surface area contributed by atoms with Crippen molar-refractivity contribution in [3.8, 4) is 16.3 Å². The summed E-state index contributed by atoms with van der Waals surface area (Å²) in [6, 6.07) is 3.10. The Morgan fingerprint density at radius 2 is 1.94 bits per heavy atom. The summed E-state index contributed by atoms with van der Waals surface area (Å²) >= 11 is 2.84. The van der Waals surface area contributed by atoms with Crippen LogP contribution in [0.4, 0.5) is 18.7 Å². The predicted octanol–water partition coefficient (Wildman–Crippen LogP) is 5.36. The normalized spacial score (nSPS) is 20.6. The van der Waals surface area contributed by atoms with Gasteiger partial charge >= 0.3 is 12.2 Å². The highest BCUT2D eigenvalue weighted by atomic mass is 32.1. The Labute approximate surface area is 215 Å². The van der Waals surface area contributed by atoms with Crippen molar-refractivity contribution >= 4 is 44.1 Å². The summed E-state index contributed by atoms with van der Waals surface area (Å²) < 4.78 is 39.1. The van der Waals surface area contributed by atoms with Gasteiger partial charge in [0.25, 0.3) is 0 Å². The van der Waals surface area contributed by atoms with Crippen LogP contribution in [0.3, 0.4) is 0 Å². The average molecular weight is 539 g/mol. The van der Waals surface area contributed by atoms with Crippen molar-refractivity contribution in [2.24, 2.45) is 0 Å². The van der Waals surface area contributed by atoms with Gasteiger partial charge in [0, 0.05) is 30.2 Å². The number of hydrogen-bond acceptors (Lipinski definition) is 9. The maximum absolute atomic E-state index is 13.9. The van der Waals surface area contributed by atoms with Crippen LogP contribution in [0.5, 0.6) is 5.75 Å². The van der Waals surface area contributed by atoms with Crippen LogP contribution in [0, 0.1) is 0 Å². The summed E-state index contributed by atoms with van der Waals surface area (Å²) in [7, 11) is 0. The van der Waals surface area contributed by atoms with Crippen LogP contribution in [0.1, 0.15) is 40.0 Å². The highest BCUT2D eigenvalue weighted by molar-refractivity contribution is 7.23. The number of rotatable bonds is 5. The van der Waals surface area contributed by atoms with Gasteiger partial charge in [-0.2, -0.15) is 8.78 Å². The first-order valence-corrected chi connectivity index (χ1v) is 13.5. The number of aromatic nitrogens is 2. The van der Waals surface area contributed by atoms with E-state index in [0.29, 0.717) is 28.4 Å². The summed E-state index contributed by atoms with van der Waals surface area (Å²) in [5.74, 6) is -0.0977. The summed E-state index contributed by atoms with van der Waals surface area (Å²) in [5.41, 5.74) is 0.515. The number of aliphatic hydroxyl groups is 1. The number of thiazole rings is 2. The van der Waals surface area contributed by atoms with Crippen molar-refractivity contribution < 1.29 is 28.2 Å². The fourth-order valence-corrected chi connectivity index (χ4v) is 6.63. The van der Waals surface area contributed by atoms with E-state index in [1.165, 1.54) is 28.7 Å². The number of fused-ring (bicyclic) bond motifs is 3. The molecule has 3 aromatic rings. The number of ether oxygens (including phenoxy) is 2. The number of halogens is 2. The van der Waals surface area contributed by atoms with Gasteiger partial charge in [-0.05, 0) is 52.2 Å². The van der Waals surface area contributed by atoms with Crippen LogP contribution in [-0.2, 0) is 4.74 Å². The smallest absolute Gasteiger partial charge is 0.421 e. The molecule has 0 saturated carbocycles. The molecule has 1 N–H and O–H groups in total. The topological polar surface area (TPSA) is 88.0 Å². The summed E-state index contributed by atoms with van der Waals surface area (Å²) in [6.07, 6.45) is 0.418. The number of aliphatic hydroxyl groups excluding tert-OH is 1. The van der Waals surface area contributed by atoms with E-state index < -0.39 is 18.3 Å². The number of piperazine rings is 1. The maximum atomic E-state index is 13.9. The number of benzene rings is 1. The Morgan fingerprint density at radius 3 is 2.56 bits per heavy atom. The molecule has 36 heavy (non-hydrogen) atoms. The van der Waals surface area contributed by atoms with E-state index in [4.69, 9.17) is 19.6 Å². The molecule has 12 heteroatoms. The Bertz CT molecular complexity index is 1230. The molecule has 8 nitrogen and oxygen atoms in total. The van der Waals surface area contributed by atoms with Gasteiger partial charge in [0.2, 0.25) is 0 Å². The summed E-state index contributed by atoms with van der Waals surface area (Å²) in [6.45, 7) is 5.29. The lowest BCUT2D eigenvalue weighted by Crippen LogP contribution is -2.63. The number of amides is 1. The van der Waals surface area contributed by atoms with Gasteiger partial charge in [0.15, 0.2) is 10.9 Å². The highest BCUT2D eigenvalue weighted by Crippen LogP contribution is 2.43. The SMILES string of the molecule is CC(C)(C)OC(=O)N1C2CCCC1CN(c1nc3c(OC(F)(F)CO)ccc(-c4nccs4)c3s1)C2. The quantitative estimate of drug-likeness (QED) is 0.468. The van der Waals surface area contributed by atoms with Crippen LogP contribution in [0.2, 0.25) is 0 Å². The van der Waals surface area contributed by atoms with E-state index in [-0.39, 0.29) is 23.9 Å². The molecule has 2 saturated heterocycles. The predicted molar refractivity (Wildman–Crippen MR) is 135 cm³/mol. The summed E-state index contributed by atoms with van der Waals surface area (Å²) in [4.78, 5) is 26.1. The molecule has 1 aromatic carbocycles. The number of hydrogen-bond donors (Lipinski definition) is 1. The first-order valence-electron chi connectivity index (χ1n) is 11.8. The number of anilines is 1. The van der Waals surface area contributed by atoms with Gasteiger partial charge in [0.1, 0.15) is 22.7 Å². The molecular formula is C24H28F2N4O4S2. The van der Waals surface area contributed by atoms with Crippen LogP contribution in [0.15, 0.2) is 23.7 Å². The number of alkyl halides is 2. The van der Waals surface area contributed by atoms with Crippen LogP contribution in [0.25, 0.3) is 20.8 Å². The van der Waals surface area contributed by atoms with E-state index >= 15 is 0 Å². The van der Waals surface area contributed by atoms with E-state index in [2.05, 4.69) is 9.88 Å². The third kappa shape index (κ3) is 4.98. The van der Waals surface area contributed by atoms with E-state index in [1.807, 2.05) is 31.1 Å². The zero-order valence-corrected chi connectivity index (χ0v) is 21.9. The third-order valence-corrected chi connectivity index (χ3v) is 8.16. The Hall–Kier alpha value is -2.57. The van der Waals surface area contributed by atoms with E-state index in [0.717, 1.165) is 29.8 Å². The molecule has 2 bridgehead atoms. The van der Waals surface area contributed by atoms with Crippen molar-refractivity contribution in [2.45, 2.75) is 63.8 Å². The molecular weight excluding hydrogens is 510 g/mol. The van der Waals surface area contributed by atoms with Gasteiger partial charge in [-0.25, -0.2) is 14.8 Å². The molecule has 2 unspecified atom stereocenters. The number of piperidine rings is 1. The minimum atomic E-state index is -3.73. The number of carbonyl (C=O) groups is 1. The molecule has 2 aromatic heterocycles. The monoisotopic (exact) mass is 538 g/mol. The van der Waals surface area contributed by atoms with Gasteiger partial charge in [-0.15, -0.1) is 11.3 Å². The van der Waals surface area contributed by atoms with Crippen LogP contribution in [-0.4, -0.2) is 69.6 Å². The average Bonchev–Trinajstić information content (AvgIpc) is 3.48. The fraction of sp³-hybridized carbons (Fsp3) is 0.542. The largest absolute Gasteiger partial charge is 0.444 e. The Balaban J connectivity index is 1.49. The molecule has 5 rings (SSSR count). The summed E-state index contributed by atoms with van der Waals surface area (Å²) in [5, 5.41) is 12.3. The van der Waals surface area contributed by atoms with Crippen molar-refractivity contribution in [1.82, 2.24) is 14.9 Å². The van der Waals surface area contributed by atoms with Crippen molar-refractivity contribution in [2.75, 3.05) is 24.6 Å². The van der Waals surface area contributed by atoms with Gasteiger partial charge < -0.3 is 19.5 Å². The van der Waals surface area contributed by atoms with Gasteiger partial charge in [-0.1, -0.05) is 11.3 Å². The minimum Gasteiger partial charge on any atom is -0.444 e. The lowest BCUT2D eigenvalue weighted by Gasteiger charge is -2.49. The van der Waals surface area contributed by atoms with Gasteiger partial charge in [-0.3, -0.25) is 4.90 Å². The lowest BCUT2D eigenvalue weighted by atomic mass is 9.92. The standard InChI is InChI=1S/C24H28F2N4O4S2/c1-23(2,3)34-22(32)30-14-5-4-6-15(30)12-29(11-14)21-28-18-17(33-24(25,26)13-31)8-7-16(19(18)36-21)20-27-9-10-35-20/h7-10,14-15,31H,4-6,11-13H2,1-3H3. The zero-order chi connectivity index (χ0) is 25.7. The van der Waals surface area contributed by atoms with E-state index in [1.54, 1.807) is 12.3 Å². The third-order valence-electron chi connectivity index (χ3n) is 6.20. The molecule has 1 amide bonds. The molecule has 0 aliphatic carbocycles. The van der Waals surface area contributed by atoms with Crippen LogP contribution >= 0.6 is 22.7 Å². The van der Waals surface area contributed by atoms with Crippen molar-refractivity contribution in [3.05, 3.63) is 23.7 Å². The molecule has 0 spiro atoms. The second-order valence-corrected chi connectivity index (χ2v) is 11.9. The fourth-order valence-electron chi connectivity index (χ4n) is 4.78. The molecule has 2 atom stereocenters. The minimum absolute atomic E-state index is 0.0211. The highest BCUT2D eigenvalue weighted by Gasteiger charge is 2.43. The van der Waals surface area contributed by atoms with E-state index in [9.17, 15) is 13.6 Å². The number of carbonyl (C=O) groups excluding carboxylic acids is 1. The molecule has 194 valence electrons. The Kier molecular flexibility index (Phi) is 6.54. The van der Waals surface area contributed by atoms with Crippen LogP contribution < -0.4 is 9.64 Å². The molecule has 2 aliphatic heterocycles. The Morgan fingerprint density at radius 1 is 1.22 bits per heavy atom. The van der Waals surface area contributed by atoms with Gasteiger partial charge in [0.05, 0.1) is 16.8 Å². The first-order chi connectivity index (χ1) is 17.0. The molecule has 2 aliphatic rings. The number of nitrogens with zero attached hydrogens (tertiary/aromatic N) is 4. The maximum Gasteiger partial charge on any atom is 0.421 e. The second-order valence-electron chi connectivity index (χ2n) is 10.1. The molecule has 4 heterocycles. The zero-order valence-electron chi connectivity index (χ0n) is 20.2. The lowest BCUT2D eigenvalue weighted by molar-refractivity contribution is -0.200. The van der Waals surface area contributed by atoms with Crippen molar-refractivity contribution in [3.63, 3.8) is 0 Å².